The second kappa shape index (κ2) is 5.74. The number of amides is 1. The molecule has 0 radical (unpaired) electrons. The molecular formula is C16H21ClN2O. The molecule has 1 aromatic carbocycles. The van der Waals surface area contributed by atoms with E-state index >= 15 is 0 Å². The minimum Gasteiger partial charge on any atom is -0.334 e. The Morgan fingerprint density at radius 2 is 2.20 bits per heavy atom. The van der Waals surface area contributed by atoms with Gasteiger partial charge in [0.15, 0.2) is 0 Å². The van der Waals surface area contributed by atoms with Crippen LogP contribution in [0.25, 0.3) is 0 Å². The molecule has 2 heterocycles. The Bertz CT molecular complexity index is 511. The van der Waals surface area contributed by atoms with Gasteiger partial charge in [-0.25, -0.2) is 0 Å². The van der Waals surface area contributed by atoms with Crippen molar-refractivity contribution in [3.63, 3.8) is 0 Å². The summed E-state index contributed by atoms with van der Waals surface area (Å²) in [6.45, 7) is 3.91. The van der Waals surface area contributed by atoms with Crippen LogP contribution in [0.2, 0.25) is 5.02 Å². The largest absolute Gasteiger partial charge is 0.334 e. The predicted molar refractivity (Wildman–Crippen MR) is 81.3 cm³/mol. The van der Waals surface area contributed by atoms with E-state index in [1.165, 1.54) is 12.8 Å². The summed E-state index contributed by atoms with van der Waals surface area (Å²) in [6.07, 6.45) is 4.65. The smallest absolute Gasteiger partial charge is 0.254 e. The van der Waals surface area contributed by atoms with Gasteiger partial charge < -0.3 is 10.2 Å². The van der Waals surface area contributed by atoms with Gasteiger partial charge in [0, 0.05) is 29.2 Å². The third-order valence-electron chi connectivity index (χ3n) is 4.53. The van der Waals surface area contributed by atoms with Crippen molar-refractivity contribution in [1.82, 2.24) is 10.2 Å². The molecular weight excluding hydrogens is 272 g/mol. The lowest BCUT2D eigenvalue weighted by atomic mass is 10.0. The van der Waals surface area contributed by atoms with Crippen LogP contribution in [0.4, 0.5) is 0 Å². The van der Waals surface area contributed by atoms with Crippen molar-refractivity contribution in [2.75, 3.05) is 13.1 Å². The molecule has 1 aromatic rings. The van der Waals surface area contributed by atoms with E-state index in [2.05, 4.69) is 10.2 Å². The first-order valence-corrected chi connectivity index (χ1v) is 7.85. The summed E-state index contributed by atoms with van der Waals surface area (Å²) in [4.78, 5) is 14.8. The van der Waals surface area contributed by atoms with Gasteiger partial charge in [-0.05, 0) is 62.9 Å². The van der Waals surface area contributed by atoms with E-state index in [0.717, 1.165) is 42.1 Å². The number of aryl methyl sites for hydroxylation is 1. The van der Waals surface area contributed by atoms with Crippen LogP contribution >= 0.6 is 11.6 Å². The number of carbonyl (C=O) groups excluding carboxylic acids is 1. The van der Waals surface area contributed by atoms with Crippen LogP contribution in [-0.4, -0.2) is 36.0 Å². The molecule has 108 valence electrons. The fourth-order valence-corrected chi connectivity index (χ4v) is 3.56. The molecule has 3 rings (SSSR count). The normalized spacial score (nSPS) is 26.2. The van der Waals surface area contributed by atoms with Crippen LogP contribution in [0, 0.1) is 6.92 Å². The maximum Gasteiger partial charge on any atom is 0.254 e. The minimum absolute atomic E-state index is 0.154. The fraction of sp³-hybridized carbons (Fsp3) is 0.562. The van der Waals surface area contributed by atoms with E-state index in [-0.39, 0.29) is 5.91 Å². The molecule has 2 atom stereocenters. The zero-order valence-corrected chi connectivity index (χ0v) is 12.6. The van der Waals surface area contributed by atoms with Crippen LogP contribution < -0.4 is 5.32 Å². The molecule has 0 aromatic heterocycles. The Hall–Kier alpha value is -1.06. The van der Waals surface area contributed by atoms with Crippen molar-refractivity contribution in [3.8, 4) is 0 Å². The van der Waals surface area contributed by atoms with E-state index in [9.17, 15) is 4.79 Å². The highest BCUT2D eigenvalue weighted by molar-refractivity contribution is 6.31. The standard InChI is InChI=1S/C16H21ClN2O/c1-11-10-12(6-7-13(11)17)16(20)19-9-3-5-15(19)14-4-2-8-18-14/h6-7,10,14-15,18H,2-5,8-9H2,1H3. The SMILES string of the molecule is Cc1cc(C(=O)N2CCCC2C2CCCN2)ccc1Cl. The van der Waals surface area contributed by atoms with Crippen molar-refractivity contribution in [2.24, 2.45) is 0 Å². The number of benzene rings is 1. The van der Waals surface area contributed by atoms with Gasteiger partial charge in [0.05, 0.1) is 0 Å². The number of hydrogen-bond acceptors (Lipinski definition) is 2. The number of rotatable bonds is 2. The van der Waals surface area contributed by atoms with Gasteiger partial charge in [0.1, 0.15) is 0 Å². The zero-order chi connectivity index (χ0) is 14.1. The molecule has 2 unspecified atom stereocenters. The molecule has 0 saturated carbocycles. The third-order valence-corrected chi connectivity index (χ3v) is 4.95. The van der Waals surface area contributed by atoms with Gasteiger partial charge in [-0.1, -0.05) is 11.6 Å². The van der Waals surface area contributed by atoms with E-state index in [0.29, 0.717) is 12.1 Å². The first kappa shape index (κ1) is 13.9. The average molecular weight is 293 g/mol. The Labute approximate surface area is 125 Å². The van der Waals surface area contributed by atoms with E-state index in [4.69, 9.17) is 11.6 Å². The van der Waals surface area contributed by atoms with Gasteiger partial charge in [-0.3, -0.25) is 4.79 Å². The molecule has 0 spiro atoms. The van der Waals surface area contributed by atoms with Crippen LogP contribution in [-0.2, 0) is 0 Å². The van der Waals surface area contributed by atoms with E-state index in [1.807, 2.05) is 25.1 Å². The topological polar surface area (TPSA) is 32.3 Å². The molecule has 1 amide bonds. The lowest BCUT2D eigenvalue weighted by Crippen LogP contribution is -2.46. The highest BCUT2D eigenvalue weighted by Crippen LogP contribution is 2.27. The molecule has 2 saturated heterocycles. The first-order valence-electron chi connectivity index (χ1n) is 7.47. The Morgan fingerprint density at radius 3 is 2.90 bits per heavy atom. The highest BCUT2D eigenvalue weighted by atomic mass is 35.5. The van der Waals surface area contributed by atoms with Crippen LogP contribution in [0.3, 0.4) is 0 Å². The van der Waals surface area contributed by atoms with Gasteiger partial charge >= 0.3 is 0 Å². The number of nitrogens with zero attached hydrogens (tertiary/aromatic N) is 1. The Morgan fingerprint density at radius 1 is 1.35 bits per heavy atom. The molecule has 4 heteroatoms. The summed E-state index contributed by atoms with van der Waals surface area (Å²) in [5.74, 6) is 0.154. The monoisotopic (exact) mass is 292 g/mol. The summed E-state index contributed by atoms with van der Waals surface area (Å²) in [6, 6.07) is 6.41. The molecule has 2 fully saturated rings. The number of halogens is 1. The second-order valence-electron chi connectivity index (χ2n) is 5.87. The molecule has 3 nitrogen and oxygen atoms in total. The summed E-state index contributed by atoms with van der Waals surface area (Å²) in [5.41, 5.74) is 1.73. The molecule has 1 N–H and O–H groups in total. The zero-order valence-electron chi connectivity index (χ0n) is 11.9. The van der Waals surface area contributed by atoms with E-state index in [1.54, 1.807) is 0 Å². The van der Waals surface area contributed by atoms with Crippen LogP contribution in [0.5, 0.6) is 0 Å². The number of carbonyl (C=O) groups is 1. The Kier molecular flexibility index (Phi) is 3.99. The average Bonchev–Trinajstić information content (AvgIpc) is 3.10. The lowest BCUT2D eigenvalue weighted by molar-refractivity contribution is 0.0711. The van der Waals surface area contributed by atoms with E-state index < -0.39 is 0 Å². The maximum atomic E-state index is 12.7. The quantitative estimate of drug-likeness (QED) is 0.909. The van der Waals surface area contributed by atoms with Crippen LogP contribution in [0.1, 0.15) is 41.6 Å². The molecule has 20 heavy (non-hydrogen) atoms. The predicted octanol–water partition coefficient (Wildman–Crippen LogP) is 3.01. The van der Waals surface area contributed by atoms with Crippen molar-refractivity contribution in [2.45, 2.75) is 44.7 Å². The van der Waals surface area contributed by atoms with Crippen molar-refractivity contribution >= 4 is 17.5 Å². The molecule has 2 aliphatic heterocycles. The summed E-state index contributed by atoms with van der Waals surface area (Å²) in [7, 11) is 0. The van der Waals surface area contributed by atoms with Gasteiger partial charge in [0.25, 0.3) is 5.91 Å². The van der Waals surface area contributed by atoms with Crippen molar-refractivity contribution < 1.29 is 4.79 Å². The first-order chi connectivity index (χ1) is 9.66. The number of likely N-dealkylation sites (tertiary alicyclic amines) is 1. The molecule has 0 aliphatic carbocycles. The molecule has 0 bridgehead atoms. The van der Waals surface area contributed by atoms with Crippen molar-refractivity contribution in [3.05, 3.63) is 34.3 Å². The van der Waals surface area contributed by atoms with Gasteiger partial charge in [-0.15, -0.1) is 0 Å². The minimum atomic E-state index is 0.154. The van der Waals surface area contributed by atoms with Gasteiger partial charge in [0.2, 0.25) is 0 Å². The summed E-state index contributed by atoms with van der Waals surface area (Å²) < 4.78 is 0. The summed E-state index contributed by atoms with van der Waals surface area (Å²) >= 11 is 6.04. The highest BCUT2D eigenvalue weighted by Gasteiger charge is 2.36. The lowest BCUT2D eigenvalue weighted by Gasteiger charge is -2.29. The number of nitrogens with one attached hydrogen (secondary N) is 1. The fourth-order valence-electron chi connectivity index (χ4n) is 3.45. The molecule has 2 aliphatic rings. The third kappa shape index (κ3) is 2.57. The van der Waals surface area contributed by atoms with Gasteiger partial charge in [-0.2, -0.15) is 0 Å². The maximum absolute atomic E-state index is 12.7. The number of hydrogen-bond donors (Lipinski definition) is 1. The summed E-state index contributed by atoms with van der Waals surface area (Å²) in [5, 5.41) is 4.26. The Balaban J connectivity index is 1.79. The van der Waals surface area contributed by atoms with Crippen molar-refractivity contribution in [1.29, 1.82) is 0 Å². The van der Waals surface area contributed by atoms with Crippen LogP contribution in [0.15, 0.2) is 18.2 Å². The second-order valence-corrected chi connectivity index (χ2v) is 6.28.